The van der Waals surface area contributed by atoms with Crippen LogP contribution >= 0.6 is 0 Å². The molecular formula is C18H25N3. The van der Waals surface area contributed by atoms with E-state index in [2.05, 4.69) is 53.1 Å². The summed E-state index contributed by atoms with van der Waals surface area (Å²) in [4.78, 5) is 4.46. The van der Waals surface area contributed by atoms with Gasteiger partial charge in [0.1, 0.15) is 5.82 Å². The molecule has 3 heteroatoms. The van der Waals surface area contributed by atoms with Crippen molar-refractivity contribution in [3.8, 4) is 0 Å². The van der Waals surface area contributed by atoms with Crippen LogP contribution in [0.5, 0.6) is 0 Å². The molecule has 2 aromatic rings. The Morgan fingerprint density at radius 3 is 2.95 bits per heavy atom. The van der Waals surface area contributed by atoms with Gasteiger partial charge < -0.3 is 9.88 Å². The highest BCUT2D eigenvalue weighted by molar-refractivity contribution is 5.35. The fourth-order valence-electron chi connectivity index (χ4n) is 3.47. The van der Waals surface area contributed by atoms with Crippen LogP contribution in [0, 0.1) is 5.92 Å². The number of imidazole rings is 1. The van der Waals surface area contributed by atoms with E-state index in [9.17, 15) is 0 Å². The third-order valence-corrected chi connectivity index (χ3v) is 4.62. The first-order chi connectivity index (χ1) is 10.3. The summed E-state index contributed by atoms with van der Waals surface area (Å²) in [5, 5.41) is 3.76. The lowest BCUT2D eigenvalue weighted by Gasteiger charge is -2.22. The van der Waals surface area contributed by atoms with Crippen molar-refractivity contribution in [2.75, 3.05) is 6.54 Å². The molecule has 0 spiro atoms. The molecule has 0 saturated carbocycles. The monoisotopic (exact) mass is 283 g/mol. The summed E-state index contributed by atoms with van der Waals surface area (Å²) < 4.78 is 2.14. The number of aryl methyl sites for hydroxylation is 2. The van der Waals surface area contributed by atoms with E-state index in [4.69, 9.17) is 0 Å². The minimum absolute atomic E-state index is 0.515. The highest BCUT2D eigenvalue weighted by atomic mass is 15.0. The van der Waals surface area contributed by atoms with Gasteiger partial charge in [-0.15, -0.1) is 0 Å². The molecule has 112 valence electrons. The molecule has 21 heavy (non-hydrogen) atoms. The maximum atomic E-state index is 4.46. The largest absolute Gasteiger partial charge is 0.338 e. The molecule has 0 amide bonds. The van der Waals surface area contributed by atoms with Gasteiger partial charge in [-0.3, -0.25) is 0 Å². The smallest absolute Gasteiger partial charge is 0.108 e. The van der Waals surface area contributed by atoms with Crippen molar-refractivity contribution in [1.29, 1.82) is 0 Å². The Balaban J connectivity index is 1.71. The Bertz CT molecular complexity index is 588. The highest BCUT2D eigenvalue weighted by Crippen LogP contribution is 2.38. The van der Waals surface area contributed by atoms with E-state index in [1.807, 2.05) is 12.4 Å². The first-order valence-corrected chi connectivity index (χ1v) is 8.07. The molecule has 1 aliphatic rings. The first kappa shape index (κ1) is 14.3. The number of hydrogen-bond acceptors (Lipinski definition) is 2. The van der Waals surface area contributed by atoms with Crippen LogP contribution in [0.2, 0.25) is 0 Å². The quantitative estimate of drug-likeness (QED) is 0.882. The third kappa shape index (κ3) is 3.03. The summed E-state index contributed by atoms with van der Waals surface area (Å²) in [6.07, 6.45) is 8.57. The van der Waals surface area contributed by atoms with Crippen LogP contribution in [-0.4, -0.2) is 16.1 Å². The van der Waals surface area contributed by atoms with Gasteiger partial charge in [0.2, 0.25) is 0 Å². The van der Waals surface area contributed by atoms with Crippen molar-refractivity contribution in [2.45, 2.75) is 38.6 Å². The molecule has 2 atom stereocenters. The Hall–Kier alpha value is -1.61. The second kappa shape index (κ2) is 6.44. The summed E-state index contributed by atoms with van der Waals surface area (Å²) >= 11 is 0. The molecule has 3 rings (SSSR count). The molecule has 2 unspecified atom stereocenters. The zero-order valence-electron chi connectivity index (χ0n) is 13.0. The fraction of sp³-hybridized carbons (Fsp3) is 0.500. The maximum absolute atomic E-state index is 4.46. The van der Waals surface area contributed by atoms with Crippen molar-refractivity contribution in [1.82, 2.24) is 14.9 Å². The van der Waals surface area contributed by atoms with E-state index in [0.717, 1.165) is 13.0 Å². The van der Waals surface area contributed by atoms with E-state index in [0.29, 0.717) is 12.0 Å². The van der Waals surface area contributed by atoms with Crippen LogP contribution in [0.3, 0.4) is 0 Å². The Kier molecular flexibility index (Phi) is 4.39. The Morgan fingerprint density at radius 2 is 2.19 bits per heavy atom. The molecule has 0 aliphatic heterocycles. The van der Waals surface area contributed by atoms with Crippen molar-refractivity contribution < 1.29 is 0 Å². The zero-order valence-corrected chi connectivity index (χ0v) is 13.0. The van der Waals surface area contributed by atoms with Crippen LogP contribution in [0.15, 0.2) is 36.7 Å². The second-order valence-corrected chi connectivity index (χ2v) is 6.09. The van der Waals surface area contributed by atoms with E-state index < -0.39 is 0 Å². The third-order valence-electron chi connectivity index (χ3n) is 4.62. The van der Waals surface area contributed by atoms with Crippen LogP contribution < -0.4 is 5.32 Å². The number of rotatable bonds is 6. The van der Waals surface area contributed by atoms with Gasteiger partial charge in [-0.2, -0.15) is 0 Å². The molecule has 0 saturated heterocycles. The van der Waals surface area contributed by atoms with Crippen LogP contribution in [0.25, 0.3) is 0 Å². The topological polar surface area (TPSA) is 29.9 Å². The van der Waals surface area contributed by atoms with Gasteiger partial charge in [0.05, 0.1) is 0 Å². The minimum Gasteiger partial charge on any atom is -0.338 e. The molecular weight excluding hydrogens is 258 g/mol. The molecule has 1 N–H and O–H groups in total. The first-order valence-electron chi connectivity index (χ1n) is 8.07. The van der Waals surface area contributed by atoms with Crippen molar-refractivity contribution in [3.63, 3.8) is 0 Å². The second-order valence-electron chi connectivity index (χ2n) is 6.09. The normalized spacial score (nSPS) is 20.7. The van der Waals surface area contributed by atoms with Gasteiger partial charge in [-0.25, -0.2) is 4.98 Å². The molecule has 1 aromatic carbocycles. The van der Waals surface area contributed by atoms with E-state index in [1.54, 1.807) is 0 Å². The van der Waals surface area contributed by atoms with Gasteiger partial charge in [-0.05, 0) is 42.9 Å². The van der Waals surface area contributed by atoms with Crippen molar-refractivity contribution >= 4 is 0 Å². The average molecular weight is 283 g/mol. The van der Waals surface area contributed by atoms with E-state index in [1.165, 1.54) is 36.2 Å². The number of hydrogen-bond donors (Lipinski definition) is 1. The molecule has 0 bridgehead atoms. The number of nitrogens with zero attached hydrogens (tertiary/aromatic N) is 2. The number of benzene rings is 1. The maximum Gasteiger partial charge on any atom is 0.108 e. The van der Waals surface area contributed by atoms with Gasteiger partial charge in [0.25, 0.3) is 0 Å². The highest BCUT2D eigenvalue weighted by Gasteiger charge is 2.31. The molecule has 0 radical (unpaired) electrons. The fourth-order valence-corrected chi connectivity index (χ4v) is 3.47. The van der Waals surface area contributed by atoms with Gasteiger partial charge in [-0.1, -0.05) is 31.2 Å². The van der Waals surface area contributed by atoms with Crippen molar-refractivity contribution in [2.24, 2.45) is 13.0 Å². The molecule has 1 aliphatic carbocycles. The van der Waals surface area contributed by atoms with Crippen LogP contribution in [-0.2, 0) is 19.9 Å². The standard InChI is InChI=1S/C18H25N3/c1-3-10-20-18-15(8-9-17-19-11-12-21(17)2)13-14-6-4-5-7-16(14)18/h4-7,11-12,15,18,20H,3,8-10,13H2,1-2H3. The van der Waals surface area contributed by atoms with Crippen LogP contribution in [0.1, 0.15) is 42.8 Å². The van der Waals surface area contributed by atoms with Gasteiger partial charge in [0.15, 0.2) is 0 Å². The molecule has 3 nitrogen and oxygen atoms in total. The lowest BCUT2D eigenvalue weighted by Crippen LogP contribution is -2.26. The predicted octanol–water partition coefficient (Wildman–Crippen LogP) is 3.27. The lowest BCUT2D eigenvalue weighted by atomic mass is 9.95. The van der Waals surface area contributed by atoms with Gasteiger partial charge >= 0.3 is 0 Å². The van der Waals surface area contributed by atoms with Crippen molar-refractivity contribution in [3.05, 3.63) is 53.6 Å². The van der Waals surface area contributed by atoms with E-state index in [-0.39, 0.29) is 0 Å². The lowest BCUT2D eigenvalue weighted by molar-refractivity contribution is 0.364. The number of nitrogens with one attached hydrogen (secondary N) is 1. The molecule has 1 heterocycles. The van der Waals surface area contributed by atoms with E-state index >= 15 is 0 Å². The zero-order chi connectivity index (χ0) is 14.7. The Labute approximate surface area is 127 Å². The van der Waals surface area contributed by atoms with Crippen LogP contribution in [0.4, 0.5) is 0 Å². The summed E-state index contributed by atoms with van der Waals surface area (Å²) in [7, 11) is 2.08. The minimum atomic E-state index is 0.515. The number of fused-ring (bicyclic) bond motifs is 1. The summed E-state index contributed by atoms with van der Waals surface area (Å²) in [5.74, 6) is 1.88. The Morgan fingerprint density at radius 1 is 1.33 bits per heavy atom. The SMILES string of the molecule is CCCNC1c2ccccc2CC1CCc1nccn1C. The average Bonchev–Trinajstić information content (AvgIpc) is 3.06. The predicted molar refractivity (Wildman–Crippen MR) is 86.2 cm³/mol. The summed E-state index contributed by atoms with van der Waals surface area (Å²) in [6.45, 7) is 3.33. The molecule has 0 fully saturated rings. The number of aromatic nitrogens is 2. The summed E-state index contributed by atoms with van der Waals surface area (Å²) in [5.41, 5.74) is 3.03. The molecule has 1 aromatic heterocycles. The summed E-state index contributed by atoms with van der Waals surface area (Å²) in [6, 6.07) is 9.43. The van der Waals surface area contributed by atoms with Gasteiger partial charge in [0, 0.05) is 31.9 Å².